The van der Waals surface area contributed by atoms with Crippen molar-refractivity contribution in [3.8, 4) is 6.07 Å². The number of hydrogen-bond donors (Lipinski definition) is 1. The van der Waals surface area contributed by atoms with Gasteiger partial charge < -0.3 is 9.64 Å². The highest BCUT2D eigenvalue weighted by Crippen LogP contribution is 2.33. The second kappa shape index (κ2) is 7.64. The highest BCUT2D eigenvalue weighted by Gasteiger charge is 2.23. The highest BCUT2D eigenvalue weighted by atomic mass is 16.6. The summed E-state index contributed by atoms with van der Waals surface area (Å²) in [5, 5.41) is 22.9. The monoisotopic (exact) mass is 334 g/mol. The molecule has 0 aliphatic rings. The molecule has 0 radical (unpaired) electrons. The van der Waals surface area contributed by atoms with E-state index in [1.807, 2.05) is 17.9 Å². The normalized spacial score (nSPS) is 10.7. The molecule has 0 aliphatic carbocycles. The largest absolute Gasteiger partial charge is 0.444 e. The van der Waals surface area contributed by atoms with Crippen molar-refractivity contribution < 1.29 is 14.5 Å². The summed E-state index contributed by atoms with van der Waals surface area (Å²) in [6, 6.07) is 4.55. The molecule has 0 spiro atoms. The van der Waals surface area contributed by atoms with Gasteiger partial charge in [0.25, 0.3) is 5.69 Å². The van der Waals surface area contributed by atoms with E-state index in [2.05, 4.69) is 5.32 Å². The molecule has 1 aromatic carbocycles. The summed E-state index contributed by atoms with van der Waals surface area (Å²) in [5.41, 5.74) is -0.409. The zero-order valence-electron chi connectivity index (χ0n) is 14.5. The molecular weight excluding hydrogens is 312 g/mol. The van der Waals surface area contributed by atoms with Gasteiger partial charge in [-0.3, -0.25) is 15.4 Å². The number of nitro groups is 1. The summed E-state index contributed by atoms with van der Waals surface area (Å²) in [6.07, 6.45) is 0.0482. The summed E-state index contributed by atoms with van der Waals surface area (Å²) in [5.74, 6) is 0. The maximum Gasteiger partial charge on any atom is 0.412 e. The molecule has 0 aliphatic heterocycles. The topological polar surface area (TPSA) is 108 Å². The fraction of sp³-hybridized carbons (Fsp3) is 0.500. The van der Waals surface area contributed by atoms with Crippen LogP contribution in [0, 0.1) is 21.4 Å². The van der Waals surface area contributed by atoms with Crippen molar-refractivity contribution in [2.45, 2.75) is 39.7 Å². The van der Waals surface area contributed by atoms with E-state index >= 15 is 0 Å². The van der Waals surface area contributed by atoms with Crippen molar-refractivity contribution >= 4 is 23.2 Å². The highest BCUT2D eigenvalue weighted by molar-refractivity contribution is 5.90. The first-order valence-corrected chi connectivity index (χ1v) is 7.52. The molecule has 1 amide bonds. The number of carbonyl (C=O) groups excluding carboxylic acids is 1. The average Bonchev–Trinajstić information content (AvgIpc) is 2.44. The first-order chi connectivity index (χ1) is 11.1. The average molecular weight is 334 g/mol. The fourth-order valence-corrected chi connectivity index (χ4v) is 2.10. The SMILES string of the molecule is CCCN(C)c1cc(NC(=O)OC(C)(C)C)c([N+](=O)[O-])cc1C#N. The number of nitrogens with one attached hydrogen (secondary N) is 1. The van der Waals surface area contributed by atoms with Gasteiger partial charge in [-0.25, -0.2) is 4.79 Å². The lowest BCUT2D eigenvalue weighted by molar-refractivity contribution is -0.383. The number of rotatable bonds is 5. The van der Waals surface area contributed by atoms with Crippen LogP contribution in [0.25, 0.3) is 0 Å². The number of benzene rings is 1. The molecule has 0 saturated carbocycles. The Labute approximate surface area is 141 Å². The molecule has 8 heteroatoms. The molecular formula is C16H22N4O4. The van der Waals surface area contributed by atoms with Crippen LogP contribution in [-0.2, 0) is 4.74 Å². The van der Waals surface area contributed by atoms with E-state index in [1.165, 1.54) is 6.07 Å². The third kappa shape index (κ3) is 5.12. The van der Waals surface area contributed by atoms with E-state index < -0.39 is 16.6 Å². The lowest BCUT2D eigenvalue weighted by Gasteiger charge is -2.22. The van der Waals surface area contributed by atoms with Crippen molar-refractivity contribution in [1.82, 2.24) is 0 Å². The first kappa shape index (κ1) is 19.2. The van der Waals surface area contributed by atoms with E-state index in [-0.39, 0.29) is 16.9 Å². The Bertz CT molecular complexity index is 674. The number of nitriles is 1. The van der Waals surface area contributed by atoms with Gasteiger partial charge in [0.15, 0.2) is 0 Å². The van der Waals surface area contributed by atoms with Crippen LogP contribution < -0.4 is 10.2 Å². The Morgan fingerprint density at radius 3 is 2.54 bits per heavy atom. The summed E-state index contributed by atoms with van der Waals surface area (Å²) < 4.78 is 5.13. The maximum atomic E-state index is 11.9. The molecule has 1 rings (SSSR count). The van der Waals surface area contributed by atoms with Gasteiger partial charge in [0.2, 0.25) is 0 Å². The number of nitrogens with zero attached hydrogens (tertiary/aromatic N) is 3. The summed E-state index contributed by atoms with van der Waals surface area (Å²) >= 11 is 0. The zero-order chi connectivity index (χ0) is 18.5. The Kier molecular flexibility index (Phi) is 6.12. The number of carbonyl (C=O) groups is 1. The van der Waals surface area contributed by atoms with E-state index in [0.29, 0.717) is 12.2 Å². The lowest BCUT2D eigenvalue weighted by Crippen LogP contribution is -2.27. The van der Waals surface area contributed by atoms with E-state index in [0.717, 1.165) is 12.5 Å². The second-order valence-corrected chi connectivity index (χ2v) is 6.30. The molecule has 130 valence electrons. The van der Waals surface area contributed by atoms with Gasteiger partial charge >= 0.3 is 6.09 Å². The third-order valence-corrected chi connectivity index (χ3v) is 3.04. The number of amides is 1. The van der Waals surface area contributed by atoms with Crippen molar-refractivity contribution in [2.24, 2.45) is 0 Å². The molecule has 0 fully saturated rings. The van der Waals surface area contributed by atoms with Crippen LogP contribution >= 0.6 is 0 Å². The van der Waals surface area contributed by atoms with E-state index in [1.54, 1.807) is 27.8 Å². The van der Waals surface area contributed by atoms with Crippen molar-refractivity contribution in [3.63, 3.8) is 0 Å². The number of anilines is 2. The Hall–Kier alpha value is -2.82. The smallest absolute Gasteiger partial charge is 0.412 e. The molecule has 1 N–H and O–H groups in total. The molecule has 24 heavy (non-hydrogen) atoms. The molecule has 0 saturated heterocycles. The Morgan fingerprint density at radius 1 is 1.46 bits per heavy atom. The van der Waals surface area contributed by atoms with Crippen LogP contribution in [0.4, 0.5) is 21.9 Å². The molecule has 0 atom stereocenters. The molecule has 0 unspecified atom stereocenters. The van der Waals surface area contributed by atoms with Crippen molar-refractivity contribution in [2.75, 3.05) is 23.8 Å². The summed E-state index contributed by atoms with van der Waals surface area (Å²) in [4.78, 5) is 24.3. The van der Waals surface area contributed by atoms with E-state index in [4.69, 9.17) is 4.74 Å². The van der Waals surface area contributed by atoms with Crippen LogP contribution in [0.5, 0.6) is 0 Å². The fourth-order valence-electron chi connectivity index (χ4n) is 2.10. The number of hydrogen-bond acceptors (Lipinski definition) is 6. The minimum absolute atomic E-state index is 0.00815. The molecule has 0 bridgehead atoms. The first-order valence-electron chi connectivity index (χ1n) is 7.52. The van der Waals surface area contributed by atoms with Gasteiger partial charge in [0, 0.05) is 19.7 Å². The van der Waals surface area contributed by atoms with Crippen LogP contribution in [0.15, 0.2) is 12.1 Å². The second-order valence-electron chi connectivity index (χ2n) is 6.30. The molecule has 0 aromatic heterocycles. The van der Waals surface area contributed by atoms with Crippen LogP contribution in [0.2, 0.25) is 0 Å². The maximum absolute atomic E-state index is 11.9. The minimum atomic E-state index is -0.792. The Balaban J connectivity index is 3.30. The summed E-state index contributed by atoms with van der Waals surface area (Å²) in [6.45, 7) is 7.73. The standard InChI is InChI=1S/C16H22N4O4/c1-6-7-19(5)13-9-12(18-15(21)24-16(2,3)4)14(20(22)23)8-11(13)10-17/h8-9H,6-7H2,1-5H3,(H,18,21). The van der Waals surface area contributed by atoms with Crippen LogP contribution in [0.3, 0.4) is 0 Å². The predicted molar refractivity (Wildman–Crippen MR) is 91.2 cm³/mol. The van der Waals surface area contributed by atoms with Crippen LogP contribution in [-0.4, -0.2) is 30.2 Å². The summed E-state index contributed by atoms with van der Waals surface area (Å²) in [7, 11) is 1.78. The van der Waals surface area contributed by atoms with Gasteiger partial charge in [0.1, 0.15) is 17.4 Å². The van der Waals surface area contributed by atoms with Gasteiger partial charge in [0.05, 0.1) is 16.2 Å². The van der Waals surface area contributed by atoms with Gasteiger partial charge in [-0.2, -0.15) is 5.26 Å². The predicted octanol–water partition coefficient (Wildman–Crippen LogP) is 3.66. The van der Waals surface area contributed by atoms with Crippen LogP contribution in [0.1, 0.15) is 39.7 Å². The van der Waals surface area contributed by atoms with Gasteiger partial charge in [-0.05, 0) is 33.3 Å². The minimum Gasteiger partial charge on any atom is -0.444 e. The quantitative estimate of drug-likeness (QED) is 0.650. The molecule has 8 nitrogen and oxygen atoms in total. The third-order valence-electron chi connectivity index (χ3n) is 3.04. The van der Waals surface area contributed by atoms with Crippen molar-refractivity contribution in [3.05, 3.63) is 27.8 Å². The molecule has 1 aromatic rings. The van der Waals surface area contributed by atoms with Gasteiger partial charge in [-0.1, -0.05) is 6.92 Å². The molecule has 0 heterocycles. The Morgan fingerprint density at radius 2 is 2.08 bits per heavy atom. The zero-order valence-corrected chi connectivity index (χ0v) is 14.5. The van der Waals surface area contributed by atoms with Crippen molar-refractivity contribution in [1.29, 1.82) is 5.26 Å². The lowest BCUT2D eigenvalue weighted by atomic mass is 10.1. The number of ether oxygens (including phenoxy) is 1. The number of nitro benzene ring substituents is 1. The van der Waals surface area contributed by atoms with E-state index in [9.17, 15) is 20.2 Å². The van der Waals surface area contributed by atoms with Gasteiger partial charge in [-0.15, -0.1) is 0 Å².